The number of aromatic nitrogens is 4. The van der Waals surface area contributed by atoms with Crippen molar-refractivity contribution in [3.8, 4) is 11.6 Å². The Labute approximate surface area is 139 Å². The van der Waals surface area contributed by atoms with Crippen molar-refractivity contribution in [3.05, 3.63) is 54.9 Å². The van der Waals surface area contributed by atoms with Crippen LogP contribution in [-0.4, -0.2) is 31.6 Å². The van der Waals surface area contributed by atoms with Crippen LogP contribution in [0.4, 0.5) is 5.82 Å². The first kappa shape index (κ1) is 15.8. The van der Waals surface area contributed by atoms with Gasteiger partial charge in [0.1, 0.15) is 0 Å². The minimum absolute atomic E-state index is 0.273. The zero-order valence-corrected chi connectivity index (χ0v) is 13.6. The van der Waals surface area contributed by atoms with Crippen molar-refractivity contribution in [2.24, 2.45) is 0 Å². The van der Waals surface area contributed by atoms with Crippen LogP contribution in [0.15, 0.2) is 54.9 Å². The Morgan fingerprint density at radius 1 is 1.17 bits per heavy atom. The summed E-state index contributed by atoms with van der Waals surface area (Å²) in [5.74, 6) is 0.623. The number of carbonyl (C=O) groups is 1. The fourth-order valence-electron chi connectivity index (χ4n) is 2.16. The number of rotatable bonds is 6. The summed E-state index contributed by atoms with van der Waals surface area (Å²) in [4.78, 5) is 12.2. The quantitative estimate of drug-likeness (QED) is 0.755. The number of amides is 1. The van der Waals surface area contributed by atoms with Gasteiger partial charge in [0, 0.05) is 31.1 Å². The molecule has 0 aliphatic carbocycles. The molecule has 1 N–H and O–H groups in total. The van der Waals surface area contributed by atoms with E-state index >= 15 is 0 Å². The standard InChI is InChI=1S/C17H19N5O2/c1-3-21-11-9-15(19-21)18-17(23)13(2)24-16-10-12-22(20-16)14-7-5-4-6-8-14/h4-13H,3H2,1-2H3,(H,18,19,23)/t13-/m1/s1. The normalized spacial score (nSPS) is 11.9. The molecule has 0 saturated heterocycles. The first-order chi connectivity index (χ1) is 11.7. The molecule has 0 spiro atoms. The van der Waals surface area contributed by atoms with Crippen LogP contribution in [0.3, 0.4) is 0 Å². The summed E-state index contributed by atoms with van der Waals surface area (Å²) in [6, 6.07) is 13.2. The molecule has 0 aliphatic heterocycles. The van der Waals surface area contributed by atoms with Crippen LogP contribution in [-0.2, 0) is 11.3 Å². The third kappa shape index (κ3) is 3.62. The molecule has 0 aliphatic rings. The second-order valence-electron chi connectivity index (χ2n) is 5.24. The molecule has 3 aromatic rings. The van der Waals surface area contributed by atoms with Crippen LogP contribution in [0, 0.1) is 0 Å². The minimum Gasteiger partial charge on any atom is -0.463 e. The van der Waals surface area contributed by atoms with E-state index in [2.05, 4.69) is 15.5 Å². The molecule has 7 nitrogen and oxygen atoms in total. The largest absolute Gasteiger partial charge is 0.463 e. The number of carbonyl (C=O) groups excluding carboxylic acids is 1. The summed E-state index contributed by atoms with van der Waals surface area (Å²) in [5.41, 5.74) is 0.926. The highest BCUT2D eigenvalue weighted by atomic mass is 16.5. The molecule has 0 fully saturated rings. The molecule has 2 heterocycles. The number of para-hydroxylation sites is 1. The van der Waals surface area contributed by atoms with Gasteiger partial charge in [-0.25, -0.2) is 4.68 Å². The van der Waals surface area contributed by atoms with E-state index in [-0.39, 0.29) is 5.91 Å². The molecule has 7 heteroatoms. The van der Waals surface area contributed by atoms with Gasteiger partial charge in [-0.3, -0.25) is 9.48 Å². The van der Waals surface area contributed by atoms with Crippen LogP contribution in [0.1, 0.15) is 13.8 Å². The monoisotopic (exact) mass is 325 g/mol. The Morgan fingerprint density at radius 2 is 1.96 bits per heavy atom. The van der Waals surface area contributed by atoms with Gasteiger partial charge in [-0.05, 0) is 26.0 Å². The number of aryl methyl sites for hydroxylation is 1. The predicted octanol–water partition coefficient (Wildman–Crippen LogP) is 2.49. The number of hydrogen-bond donors (Lipinski definition) is 1. The summed E-state index contributed by atoms with van der Waals surface area (Å²) in [5, 5.41) is 11.3. The maximum atomic E-state index is 12.2. The molecule has 1 amide bonds. The summed E-state index contributed by atoms with van der Waals surface area (Å²) in [6.07, 6.45) is 2.91. The number of ether oxygens (including phenoxy) is 1. The lowest BCUT2D eigenvalue weighted by atomic mass is 10.3. The van der Waals surface area contributed by atoms with Crippen molar-refractivity contribution < 1.29 is 9.53 Å². The average molecular weight is 325 g/mol. The lowest BCUT2D eigenvalue weighted by Crippen LogP contribution is -2.30. The lowest BCUT2D eigenvalue weighted by molar-refractivity contribution is -0.122. The number of nitrogens with one attached hydrogen (secondary N) is 1. The van der Waals surface area contributed by atoms with E-state index in [1.807, 2.05) is 43.5 Å². The zero-order chi connectivity index (χ0) is 16.9. The third-order valence-corrected chi connectivity index (χ3v) is 3.47. The number of anilines is 1. The molecule has 1 atom stereocenters. The van der Waals surface area contributed by atoms with Crippen molar-refractivity contribution in [2.75, 3.05) is 5.32 Å². The highest BCUT2D eigenvalue weighted by molar-refractivity contribution is 5.93. The third-order valence-electron chi connectivity index (χ3n) is 3.47. The van der Waals surface area contributed by atoms with Gasteiger partial charge in [-0.15, -0.1) is 5.10 Å². The van der Waals surface area contributed by atoms with Crippen LogP contribution in [0.2, 0.25) is 0 Å². The first-order valence-corrected chi connectivity index (χ1v) is 7.78. The van der Waals surface area contributed by atoms with Gasteiger partial charge in [0.2, 0.25) is 5.88 Å². The van der Waals surface area contributed by atoms with Crippen LogP contribution in [0.25, 0.3) is 5.69 Å². The maximum absolute atomic E-state index is 12.2. The summed E-state index contributed by atoms with van der Waals surface area (Å²) in [7, 11) is 0. The van der Waals surface area contributed by atoms with Gasteiger partial charge in [0.15, 0.2) is 11.9 Å². The Hall–Kier alpha value is -3.09. The molecule has 3 rings (SSSR count). The van der Waals surface area contributed by atoms with E-state index < -0.39 is 6.10 Å². The van der Waals surface area contributed by atoms with Gasteiger partial charge in [0.25, 0.3) is 5.91 Å². The first-order valence-electron chi connectivity index (χ1n) is 7.78. The topological polar surface area (TPSA) is 74.0 Å². The molecule has 0 bridgehead atoms. The summed E-state index contributed by atoms with van der Waals surface area (Å²) in [6.45, 7) is 4.40. The zero-order valence-electron chi connectivity index (χ0n) is 13.6. The SMILES string of the molecule is CCn1ccc(NC(=O)[C@@H](C)Oc2ccn(-c3ccccc3)n2)n1. The second-order valence-corrected chi connectivity index (χ2v) is 5.24. The molecule has 24 heavy (non-hydrogen) atoms. The lowest BCUT2D eigenvalue weighted by Gasteiger charge is -2.11. The molecule has 2 aromatic heterocycles. The van der Waals surface area contributed by atoms with Crippen molar-refractivity contribution in [1.82, 2.24) is 19.6 Å². The predicted molar refractivity (Wildman–Crippen MR) is 90.2 cm³/mol. The molecule has 124 valence electrons. The number of nitrogens with zero attached hydrogens (tertiary/aromatic N) is 4. The highest BCUT2D eigenvalue weighted by Crippen LogP contribution is 2.13. The highest BCUT2D eigenvalue weighted by Gasteiger charge is 2.17. The van der Waals surface area contributed by atoms with Crippen LogP contribution < -0.4 is 10.1 Å². The van der Waals surface area contributed by atoms with E-state index in [1.165, 1.54) is 0 Å². The summed E-state index contributed by atoms with van der Waals surface area (Å²) < 4.78 is 9.04. The summed E-state index contributed by atoms with van der Waals surface area (Å²) >= 11 is 0. The molecule has 0 unspecified atom stereocenters. The van der Waals surface area contributed by atoms with Gasteiger partial charge in [-0.2, -0.15) is 5.10 Å². The Morgan fingerprint density at radius 3 is 2.67 bits per heavy atom. The molecular weight excluding hydrogens is 306 g/mol. The fourth-order valence-corrected chi connectivity index (χ4v) is 2.16. The van der Waals surface area contributed by atoms with Crippen LogP contribution in [0.5, 0.6) is 5.88 Å². The Kier molecular flexibility index (Phi) is 4.60. The van der Waals surface area contributed by atoms with E-state index in [0.29, 0.717) is 11.7 Å². The Balaban J connectivity index is 1.61. The number of hydrogen-bond acceptors (Lipinski definition) is 4. The van der Waals surface area contributed by atoms with Crippen molar-refractivity contribution >= 4 is 11.7 Å². The maximum Gasteiger partial charge on any atom is 0.266 e. The molecule has 0 saturated carbocycles. The van der Waals surface area contributed by atoms with Gasteiger partial charge in [-0.1, -0.05) is 18.2 Å². The average Bonchev–Trinajstić information content (AvgIpc) is 3.25. The second kappa shape index (κ2) is 6.99. The minimum atomic E-state index is -0.684. The van der Waals surface area contributed by atoms with Crippen molar-refractivity contribution in [2.45, 2.75) is 26.5 Å². The van der Waals surface area contributed by atoms with Crippen molar-refractivity contribution in [1.29, 1.82) is 0 Å². The van der Waals surface area contributed by atoms with Crippen molar-refractivity contribution in [3.63, 3.8) is 0 Å². The van der Waals surface area contributed by atoms with E-state index in [1.54, 1.807) is 34.6 Å². The smallest absolute Gasteiger partial charge is 0.266 e. The van der Waals surface area contributed by atoms with Gasteiger partial charge in [0.05, 0.1) is 5.69 Å². The molecule has 1 aromatic carbocycles. The van der Waals surface area contributed by atoms with Crippen LogP contribution >= 0.6 is 0 Å². The van der Waals surface area contributed by atoms with E-state index in [0.717, 1.165) is 12.2 Å². The fraction of sp³-hybridized carbons (Fsp3) is 0.235. The molecular formula is C17H19N5O2. The van der Waals surface area contributed by atoms with E-state index in [4.69, 9.17) is 4.74 Å². The van der Waals surface area contributed by atoms with Gasteiger partial charge >= 0.3 is 0 Å². The molecule has 0 radical (unpaired) electrons. The van der Waals surface area contributed by atoms with Gasteiger partial charge < -0.3 is 10.1 Å². The van der Waals surface area contributed by atoms with E-state index in [9.17, 15) is 4.79 Å². The Bertz CT molecular complexity index is 809. The number of benzene rings is 1.